The van der Waals surface area contributed by atoms with Crippen molar-refractivity contribution in [2.45, 2.75) is 13.0 Å². The minimum Gasteiger partial charge on any atom is -0.481 e. The topological polar surface area (TPSA) is 82.4 Å². The fraction of sp³-hybridized carbons (Fsp3) is 0.333. The molecule has 26 heavy (non-hydrogen) atoms. The van der Waals surface area contributed by atoms with Crippen LogP contribution >= 0.6 is 15.9 Å². The summed E-state index contributed by atoms with van der Waals surface area (Å²) in [6.07, 6.45) is 2.85. The van der Waals surface area contributed by atoms with E-state index in [0.29, 0.717) is 43.4 Å². The highest BCUT2D eigenvalue weighted by Crippen LogP contribution is 2.16. The monoisotopic (exact) mass is 415 g/mol. The summed E-state index contributed by atoms with van der Waals surface area (Å²) in [5.74, 6) is 1.19. The highest BCUT2D eigenvalue weighted by molar-refractivity contribution is 9.10. The zero-order chi connectivity index (χ0) is 18.5. The number of ether oxygens (including phenoxy) is 1. The van der Waals surface area contributed by atoms with Crippen molar-refractivity contribution in [3.05, 3.63) is 46.7 Å². The van der Waals surface area contributed by atoms with E-state index in [0.717, 1.165) is 4.47 Å². The van der Waals surface area contributed by atoms with Gasteiger partial charge in [0, 0.05) is 38.6 Å². The zero-order valence-corrected chi connectivity index (χ0v) is 15.9. The number of amides is 1. The van der Waals surface area contributed by atoms with E-state index in [2.05, 4.69) is 36.9 Å². The normalized spacial score (nSPS) is 15.3. The molecule has 1 saturated heterocycles. The summed E-state index contributed by atoms with van der Waals surface area (Å²) in [5.41, 5.74) is 0.558. The zero-order valence-electron chi connectivity index (χ0n) is 14.3. The Balaban J connectivity index is 1.53. The summed E-state index contributed by atoms with van der Waals surface area (Å²) in [7, 11) is 0. The van der Waals surface area contributed by atoms with Crippen LogP contribution in [-0.2, 0) is 4.79 Å². The Kier molecular flexibility index (Phi) is 5.68. The van der Waals surface area contributed by atoms with E-state index < -0.39 is 6.10 Å². The smallest absolute Gasteiger partial charge is 0.263 e. The predicted octanol–water partition coefficient (Wildman–Crippen LogP) is 2.23. The molecule has 1 aromatic heterocycles. The molecule has 0 spiro atoms. The SMILES string of the molecule is CC(Oc1ccc(C#N)cc1)C(=O)N1CCN(c2ncc(Br)cn2)CC1. The number of nitrogens with zero attached hydrogens (tertiary/aromatic N) is 5. The number of carbonyl (C=O) groups is 1. The molecule has 0 aliphatic carbocycles. The Morgan fingerprint density at radius 2 is 1.81 bits per heavy atom. The van der Waals surface area contributed by atoms with Gasteiger partial charge in [-0.25, -0.2) is 9.97 Å². The van der Waals surface area contributed by atoms with Crippen LogP contribution in [0.25, 0.3) is 0 Å². The van der Waals surface area contributed by atoms with Crippen LogP contribution in [0.3, 0.4) is 0 Å². The molecule has 134 valence electrons. The van der Waals surface area contributed by atoms with Gasteiger partial charge in [-0.3, -0.25) is 4.79 Å². The molecule has 1 aliphatic rings. The lowest BCUT2D eigenvalue weighted by molar-refractivity contribution is -0.138. The van der Waals surface area contributed by atoms with Crippen LogP contribution in [-0.4, -0.2) is 53.1 Å². The fourth-order valence-corrected chi connectivity index (χ4v) is 2.92. The molecule has 0 radical (unpaired) electrons. The number of halogens is 1. The van der Waals surface area contributed by atoms with Crippen LogP contribution in [0.5, 0.6) is 5.75 Å². The Bertz CT molecular complexity index is 796. The maximum absolute atomic E-state index is 12.6. The van der Waals surface area contributed by atoms with E-state index in [1.165, 1.54) is 0 Å². The van der Waals surface area contributed by atoms with Gasteiger partial charge in [0.05, 0.1) is 16.1 Å². The molecule has 2 aromatic rings. The van der Waals surface area contributed by atoms with Gasteiger partial charge in [0.15, 0.2) is 6.10 Å². The first kappa shape index (κ1) is 18.1. The van der Waals surface area contributed by atoms with Crippen LogP contribution in [0, 0.1) is 11.3 Å². The molecule has 3 rings (SSSR count). The van der Waals surface area contributed by atoms with Gasteiger partial charge in [-0.05, 0) is 47.1 Å². The number of hydrogen-bond donors (Lipinski definition) is 0. The number of nitriles is 1. The van der Waals surface area contributed by atoms with Crippen molar-refractivity contribution >= 4 is 27.8 Å². The summed E-state index contributed by atoms with van der Waals surface area (Å²) in [6.45, 7) is 4.29. The highest BCUT2D eigenvalue weighted by atomic mass is 79.9. The van der Waals surface area contributed by atoms with Crippen molar-refractivity contribution in [2.75, 3.05) is 31.1 Å². The molecule has 1 unspecified atom stereocenters. The molecule has 0 saturated carbocycles. The first-order valence-electron chi connectivity index (χ1n) is 8.25. The average Bonchev–Trinajstić information content (AvgIpc) is 2.69. The second-order valence-electron chi connectivity index (χ2n) is 5.91. The molecule has 1 aliphatic heterocycles. The molecule has 1 atom stereocenters. The van der Waals surface area contributed by atoms with Crippen LogP contribution in [0.15, 0.2) is 41.1 Å². The Labute approximate surface area is 160 Å². The quantitative estimate of drug-likeness (QED) is 0.761. The van der Waals surface area contributed by atoms with E-state index in [9.17, 15) is 4.79 Å². The number of anilines is 1. The van der Waals surface area contributed by atoms with Crippen molar-refractivity contribution in [3.63, 3.8) is 0 Å². The molecule has 0 bridgehead atoms. The van der Waals surface area contributed by atoms with E-state index >= 15 is 0 Å². The van der Waals surface area contributed by atoms with Gasteiger partial charge in [-0.2, -0.15) is 5.26 Å². The first-order chi connectivity index (χ1) is 12.6. The lowest BCUT2D eigenvalue weighted by Crippen LogP contribution is -2.52. The lowest BCUT2D eigenvalue weighted by Gasteiger charge is -2.35. The number of aromatic nitrogens is 2. The van der Waals surface area contributed by atoms with Crippen LogP contribution in [0.2, 0.25) is 0 Å². The van der Waals surface area contributed by atoms with Crippen LogP contribution < -0.4 is 9.64 Å². The van der Waals surface area contributed by atoms with E-state index in [1.54, 1.807) is 48.5 Å². The van der Waals surface area contributed by atoms with Gasteiger partial charge in [-0.15, -0.1) is 0 Å². The molecule has 0 N–H and O–H groups in total. The highest BCUT2D eigenvalue weighted by Gasteiger charge is 2.26. The largest absolute Gasteiger partial charge is 0.481 e. The average molecular weight is 416 g/mol. The number of piperazine rings is 1. The molecular weight excluding hydrogens is 398 g/mol. The number of carbonyl (C=O) groups excluding carboxylic acids is 1. The van der Waals surface area contributed by atoms with Crippen molar-refractivity contribution in [3.8, 4) is 11.8 Å². The predicted molar refractivity (Wildman–Crippen MR) is 99.8 cm³/mol. The molecule has 1 fully saturated rings. The van der Waals surface area contributed by atoms with Crippen molar-refractivity contribution in [1.29, 1.82) is 5.26 Å². The molecule has 7 nitrogen and oxygen atoms in total. The second kappa shape index (κ2) is 8.15. The van der Waals surface area contributed by atoms with E-state index in [1.807, 2.05) is 0 Å². The Hall–Kier alpha value is -2.66. The molecule has 1 aromatic carbocycles. The van der Waals surface area contributed by atoms with E-state index in [4.69, 9.17) is 10.00 Å². The fourth-order valence-electron chi connectivity index (χ4n) is 2.72. The van der Waals surface area contributed by atoms with Gasteiger partial charge < -0.3 is 14.5 Å². The van der Waals surface area contributed by atoms with Gasteiger partial charge in [-0.1, -0.05) is 0 Å². The Morgan fingerprint density at radius 3 is 2.38 bits per heavy atom. The Morgan fingerprint density at radius 1 is 1.19 bits per heavy atom. The second-order valence-corrected chi connectivity index (χ2v) is 6.83. The molecule has 1 amide bonds. The standard InChI is InChI=1S/C18H18BrN5O2/c1-13(26-16-4-2-14(10-20)3-5-16)17(25)23-6-8-24(9-7-23)18-21-11-15(19)12-22-18/h2-5,11-13H,6-9H2,1H3. The molecule has 2 heterocycles. The summed E-state index contributed by atoms with van der Waals surface area (Å²) in [4.78, 5) is 25.0. The third-order valence-corrected chi connectivity index (χ3v) is 4.53. The number of benzene rings is 1. The third-order valence-electron chi connectivity index (χ3n) is 4.12. The maximum Gasteiger partial charge on any atom is 0.263 e. The molecule has 8 heteroatoms. The van der Waals surface area contributed by atoms with Crippen LogP contribution in [0.1, 0.15) is 12.5 Å². The van der Waals surface area contributed by atoms with Gasteiger partial charge >= 0.3 is 0 Å². The van der Waals surface area contributed by atoms with Gasteiger partial charge in [0.25, 0.3) is 5.91 Å². The third kappa shape index (κ3) is 4.29. The van der Waals surface area contributed by atoms with Crippen molar-refractivity contribution in [2.24, 2.45) is 0 Å². The van der Waals surface area contributed by atoms with Crippen LogP contribution in [0.4, 0.5) is 5.95 Å². The first-order valence-corrected chi connectivity index (χ1v) is 9.04. The minimum atomic E-state index is -0.585. The van der Waals surface area contributed by atoms with E-state index in [-0.39, 0.29) is 5.91 Å². The summed E-state index contributed by atoms with van der Waals surface area (Å²) in [6, 6.07) is 8.79. The van der Waals surface area contributed by atoms with Gasteiger partial charge in [0.2, 0.25) is 5.95 Å². The van der Waals surface area contributed by atoms with Crippen molar-refractivity contribution < 1.29 is 9.53 Å². The summed E-state index contributed by atoms with van der Waals surface area (Å²) < 4.78 is 6.55. The lowest BCUT2D eigenvalue weighted by atomic mass is 10.2. The summed E-state index contributed by atoms with van der Waals surface area (Å²) >= 11 is 3.32. The molecular formula is C18H18BrN5O2. The minimum absolute atomic E-state index is 0.0502. The van der Waals surface area contributed by atoms with Gasteiger partial charge in [0.1, 0.15) is 5.75 Å². The summed E-state index contributed by atoms with van der Waals surface area (Å²) in [5, 5.41) is 8.82. The maximum atomic E-state index is 12.6. The van der Waals surface area contributed by atoms with Crippen molar-refractivity contribution in [1.82, 2.24) is 14.9 Å². The number of rotatable bonds is 4. The number of hydrogen-bond acceptors (Lipinski definition) is 6.